The van der Waals surface area contributed by atoms with E-state index in [2.05, 4.69) is 6.07 Å². The lowest BCUT2D eigenvalue weighted by Crippen LogP contribution is -2.45. The summed E-state index contributed by atoms with van der Waals surface area (Å²) in [6, 6.07) is 2.11. The minimum absolute atomic E-state index is 0.0663. The summed E-state index contributed by atoms with van der Waals surface area (Å²) in [7, 11) is 0. The summed E-state index contributed by atoms with van der Waals surface area (Å²) in [5.74, 6) is -0.508. The predicted molar refractivity (Wildman–Crippen MR) is 50.3 cm³/mol. The molecule has 2 atom stereocenters. The van der Waals surface area contributed by atoms with Gasteiger partial charge in [0.05, 0.1) is 18.8 Å². The summed E-state index contributed by atoms with van der Waals surface area (Å²) in [5.41, 5.74) is 0. The van der Waals surface area contributed by atoms with Gasteiger partial charge in [0.2, 0.25) is 0 Å². The average Bonchev–Trinajstić information content (AvgIpc) is 2.10. The lowest BCUT2D eigenvalue weighted by molar-refractivity contribution is -0.294. The molecule has 0 saturated carbocycles. The first kappa shape index (κ1) is 11.4. The van der Waals surface area contributed by atoms with Crippen LogP contribution in [0.2, 0.25) is 0 Å². The third-order valence-corrected chi connectivity index (χ3v) is 2.37. The summed E-state index contributed by atoms with van der Waals surface area (Å²) in [5, 5.41) is 17.5. The molecule has 1 heterocycles. The maximum Gasteiger partial charge on any atom is 0.163 e. The van der Waals surface area contributed by atoms with Crippen LogP contribution in [-0.4, -0.2) is 30.2 Å². The average molecular weight is 199 g/mol. The van der Waals surface area contributed by atoms with E-state index in [0.29, 0.717) is 19.4 Å². The van der Waals surface area contributed by atoms with E-state index in [4.69, 9.17) is 19.8 Å². The van der Waals surface area contributed by atoms with Crippen LogP contribution in [-0.2, 0) is 9.47 Å². The van der Waals surface area contributed by atoms with Crippen LogP contribution in [0.5, 0.6) is 0 Å². The highest BCUT2D eigenvalue weighted by Crippen LogP contribution is 2.29. The molecule has 80 valence electrons. The fourth-order valence-corrected chi connectivity index (χ4v) is 1.64. The van der Waals surface area contributed by atoms with Crippen molar-refractivity contribution in [1.29, 1.82) is 5.26 Å². The molecule has 1 aliphatic heterocycles. The molecule has 4 nitrogen and oxygen atoms in total. The Morgan fingerprint density at radius 2 is 2.29 bits per heavy atom. The molecule has 0 aromatic carbocycles. The van der Waals surface area contributed by atoms with Gasteiger partial charge in [-0.1, -0.05) is 0 Å². The van der Waals surface area contributed by atoms with E-state index in [-0.39, 0.29) is 18.6 Å². The van der Waals surface area contributed by atoms with Gasteiger partial charge in [0.15, 0.2) is 5.79 Å². The smallest absolute Gasteiger partial charge is 0.163 e. The fraction of sp³-hybridized carbons (Fsp3) is 0.900. The van der Waals surface area contributed by atoms with Crippen molar-refractivity contribution in [1.82, 2.24) is 0 Å². The Balaban J connectivity index is 2.57. The number of hydrogen-bond donors (Lipinski definition) is 1. The first-order valence-electron chi connectivity index (χ1n) is 4.88. The standard InChI is InChI=1S/C10H17NO3/c1-10(2)13-7-8(3-5-11)9(14-10)4-6-12/h8-9,12H,3-4,6-7H2,1-2H3. The molecule has 0 aliphatic carbocycles. The molecule has 1 saturated heterocycles. The summed E-state index contributed by atoms with van der Waals surface area (Å²) < 4.78 is 11.1. The largest absolute Gasteiger partial charge is 0.396 e. The van der Waals surface area contributed by atoms with E-state index in [9.17, 15) is 0 Å². The Morgan fingerprint density at radius 1 is 1.57 bits per heavy atom. The second-order valence-electron chi connectivity index (χ2n) is 4.00. The fourth-order valence-electron chi connectivity index (χ4n) is 1.64. The van der Waals surface area contributed by atoms with E-state index in [1.165, 1.54) is 0 Å². The van der Waals surface area contributed by atoms with Gasteiger partial charge in [-0.25, -0.2) is 0 Å². The van der Waals surface area contributed by atoms with Crippen molar-refractivity contribution in [2.45, 2.75) is 38.6 Å². The molecule has 1 fully saturated rings. The van der Waals surface area contributed by atoms with E-state index in [1.807, 2.05) is 13.8 Å². The second kappa shape index (κ2) is 4.74. The quantitative estimate of drug-likeness (QED) is 0.738. The molecular formula is C10H17NO3. The number of hydrogen-bond acceptors (Lipinski definition) is 4. The zero-order chi connectivity index (χ0) is 10.6. The molecule has 0 aromatic rings. The molecule has 4 heteroatoms. The van der Waals surface area contributed by atoms with Gasteiger partial charge < -0.3 is 14.6 Å². The first-order chi connectivity index (χ1) is 6.59. The Morgan fingerprint density at radius 3 is 2.86 bits per heavy atom. The van der Waals surface area contributed by atoms with Crippen molar-refractivity contribution >= 4 is 0 Å². The van der Waals surface area contributed by atoms with Crippen molar-refractivity contribution in [2.75, 3.05) is 13.2 Å². The van der Waals surface area contributed by atoms with Crippen molar-refractivity contribution in [3.63, 3.8) is 0 Å². The van der Waals surface area contributed by atoms with Gasteiger partial charge in [-0.2, -0.15) is 5.26 Å². The highest BCUT2D eigenvalue weighted by atomic mass is 16.7. The number of nitrogens with zero attached hydrogens (tertiary/aromatic N) is 1. The molecule has 1 N–H and O–H groups in total. The molecule has 0 bridgehead atoms. The maximum atomic E-state index is 8.87. The van der Waals surface area contributed by atoms with Crippen LogP contribution in [0, 0.1) is 17.2 Å². The van der Waals surface area contributed by atoms with Gasteiger partial charge in [0.1, 0.15) is 0 Å². The third kappa shape index (κ3) is 2.95. The summed E-state index contributed by atoms with van der Waals surface area (Å²) >= 11 is 0. The molecular weight excluding hydrogens is 182 g/mol. The van der Waals surface area contributed by atoms with Crippen LogP contribution in [0.1, 0.15) is 26.7 Å². The molecule has 0 radical (unpaired) electrons. The highest BCUT2D eigenvalue weighted by molar-refractivity contribution is 4.84. The van der Waals surface area contributed by atoms with Gasteiger partial charge in [0, 0.05) is 18.9 Å². The Kier molecular flexibility index (Phi) is 3.87. The predicted octanol–water partition coefficient (Wildman–Crippen LogP) is 1.05. The zero-order valence-electron chi connectivity index (χ0n) is 8.69. The van der Waals surface area contributed by atoms with E-state index >= 15 is 0 Å². The molecule has 0 spiro atoms. The number of aliphatic hydroxyl groups excluding tert-OH is 1. The SMILES string of the molecule is CC1(C)OCC(CC#N)C(CCO)O1. The van der Waals surface area contributed by atoms with Gasteiger partial charge >= 0.3 is 0 Å². The zero-order valence-corrected chi connectivity index (χ0v) is 8.69. The molecule has 0 amide bonds. The van der Waals surface area contributed by atoms with Crippen LogP contribution in [0.4, 0.5) is 0 Å². The lowest BCUT2D eigenvalue weighted by Gasteiger charge is -2.40. The van der Waals surface area contributed by atoms with E-state index < -0.39 is 5.79 Å². The Hall–Kier alpha value is -0.630. The Bertz CT molecular complexity index is 222. The monoisotopic (exact) mass is 199 g/mol. The summed E-state index contributed by atoms with van der Waals surface area (Å²) in [4.78, 5) is 0. The van der Waals surface area contributed by atoms with Crippen LogP contribution in [0.15, 0.2) is 0 Å². The van der Waals surface area contributed by atoms with Gasteiger partial charge in [-0.3, -0.25) is 0 Å². The molecule has 1 rings (SSSR count). The summed E-state index contributed by atoms with van der Waals surface area (Å²) in [6.07, 6.45) is 0.920. The van der Waals surface area contributed by atoms with Crippen LogP contribution in [0.25, 0.3) is 0 Å². The number of ether oxygens (including phenoxy) is 2. The van der Waals surface area contributed by atoms with Gasteiger partial charge in [-0.15, -0.1) is 0 Å². The van der Waals surface area contributed by atoms with E-state index in [1.54, 1.807) is 0 Å². The molecule has 1 aliphatic rings. The topological polar surface area (TPSA) is 62.5 Å². The van der Waals surface area contributed by atoms with Crippen molar-refractivity contribution in [2.24, 2.45) is 5.92 Å². The number of nitriles is 1. The molecule has 0 aromatic heterocycles. The van der Waals surface area contributed by atoms with E-state index in [0.717, 1.165) is 0 Å². The molecule has 14 heavy (non-hydrogen) atoms. The molecule has 2 unspecified atom stereocenters. The Labute approximate surface area is 84.4 Å². The third-order valence-electron chi connectivity index (χ3n) is 2.37. The summed E-state index contributed by atoms with van der Waals surface area (Å²) in [6.45, 7) is 4.31. The van der Waals surface area contributed by atoms with Crippen molar-refractivity contribution < 1.29 is 14.6 Å². The lowest BCUT2D eigenvalue weighted by atomic mass is 9.96. The van der Waals surface area contributed by atoms with Crippen LogP contribution < -0.4 is 0 Å². The van der Waals surface area contributed by atoms with Gasteiger partial charge in [0.25, 0.3) is 0 Å². The van der Waals surface area contributed by atoms with Crippen molar-refractivity contribution in [3.8, 4) is 6.07 Å². The van der Waals surface area contributed by atoms with Crippen LogP contribution in [0.3, 0.4) is 0 Å². The highest BCUT2D eigenvalue weighted by Gasteiger charge is 2.35. The number of aliphatic hydroxyl groups is 1. The normalized spacial score (nSPS) is 31.0. The number of rotatable bonds is 3. The van der Waals surface area contributed by atoms with Crippen LogP contribution >= 0.6 is 0 Å². The minimum Gasteiger partial charge on any atom is -0.396 e. The minimum atomic E-state index is -0.591. The van der Waals surface area contributed by atoms with Crippen molar-refractivity contribution in [3.05, 3.63) is 0 Å². The first-order valence-corrected chi connectivity index (χ1v) is 4.88. The second-order valence-corrected chi connectivity index (χ2v) is 4.00. The van der Waals surface area contributed by atoms with Gasteiger partial charge in [-0.05, 0) is 20.3 Å². The maximum absolute atomic E-state index is 8.87.